The summed E-state index contributed by atoms with van der Waals surface area (Å²) in [5, 5.41) is 5.82. The van der Waals surface area contributed by atoms with Crippen LogP contribution in [0.2, 0.25) is 5.02 Å². The molecule has 0 atom stereocenters. The fraction of sp³-hybridized carbons (Fsp3) is 0.286. The van der Waals surface area contributed by atoms with Gasteiger partial charge in [-0.25, -0.2) is 4.79 Å². The zero-order valence-corrected chi connectivity index (χ0v) is 18.8. The average molecular weight is 464 g/mol. The Balaban J connectivity index is 1.69. The van der Waals surface area contributed by atoms with Crippen LogP contribution in [0.25, 0.3) is 0 Å². The monoisotopic (exact) mass is 463 g/mol. The van der Waals surface area contributed by atoms with Crippen molar-refractivity contribution in [2.24, 2.45) is 9.81 Å². The predicted octanol–water partition coefficient (Wildman–Crippen LogP) is 3.37. The van der Waals surface area contributed by atoms with Crippen LogP contribution in [0.5, 0.6) is 0 Å². The number of rotatable bonds is 5. The SMILES string of the molecule is CC(C)(C)C(=O)NCc1ccc(Cl)c(C(=O)OCC2=NS(=O)(=O)c3ccccc3N2)c1. The van der Waals surface area contributed by atoms with Crippen LogP contribution < -0.4 is 10.6 Å². The highest BCUT2D eigenvalue weighted by Crippen LogP contribution is 2.27. The molecule has 1 heterocycles. The Kier molecular flexibility index (Phi) is 6.38. The van der Waals surface area contributed by atoms with Crippen LogP contribution >= 0.6 is 11.6 Å². The van der Waals surface area contributed by atoms with Crippen molar-refractivity contribution in [2.75, 3.05) is 11.9 Å². The molecule has 0 aromatic heterocycles. The van der Waals surface area contributed by atoms with Crippen LogP contribution in [0.1, 0.15) is 36.7 Å². The first-order chi connectivity index (χ1) is 14.5. The number of hydrogen-bond acceptors (Lipinski definition) is 6. The van der Waals surface area contributed by atoms with Gasteiger partial charge in [0.2, 0.25) is 5.91 Å². The van der Waals surface area contributed by atoms with E-state index >= 15 is 0 Å². The van der Waals surface area contributed by atoms with Crippen LogP contribution in [0.15, 0.2) is 51.8 Å². The van der Waals surface area contributed by atoms with E-state index in [9.17, 15) is 18.0 Å². The van der Waals surface area contributed by atoms with E-state index in [0.717, 1.165) is 0 Å². The van der Waals surface area contributed by atoms with Gasteiger partial charge in [0.25, 0.3) is 10.0 Å². The maximum absolute atomic E-state index is 12.5. The van der Waals surface area contributed by atoms with Crippen molar-refractivity contribution in [1.29, 1.82) is 0 Å². The Morgan fingerprint density at radius 1 is 1.16 bits per heavy atom. The number of anilines is 1. The summed E-state index contributed by atoms with van der Waals surface area (Å²) in [4.78, 5) is 24.6. The van der Waals surface area contributed by atoms with Crippen LogP contribution in [-0.4, -0.2) is 32.7 Å². The summed E-state index contributed by atoms with van der Waals surface area (Å²) in [5.74, 6) is -0.888. The lowest BCUT2D eigenvalue weighted by Gasteiger charge is -2.18. The van der Waals surface area contributed by atoms with E-state index < -0.39 is 21.4 Å². The van der Waals surface area contributed by atoms with Crippen molar-refractivity contribution < 1.29 is 22.7 Å². The van der Waals surface area contributed by atoms with Gasteiger partial charge in [-0.3, -0.25) is 4.79 Å². The minimum absolute atomic E-state index is 0.0169. The van der Waals surface area contributed by atoms with E-state index in [2.05, 4.69) is 15.0 Å². The maximum Gasteiger partial charge on any atom is 0.340 e. The molecule has 0 saturated heterocycles. The number of fused-ring (bicyclic) bond motifs is 1. The minimum Gasteiger partial charge on any atom is -0.454 e. The molecule has 1 amide bonds. The lowest BCUT2D eigenvalue weighted by atomic mass is 9.95. The minimum atomic E-state index is -3.88. The molecular weight excluding hydrogens is 442 g/mol. The first kappa shape index (κ1) is 22.8. The molecule has 1 aliphatic heterocycles. The number of halogens is 1. The average Bonchev–Trinajstić information content (AvgIpc) is 2.70. The Morgan fingerprint density at radius 2 is 1.87 bits per heavy atom. The fourth-order valence-corrected chi connectivity index (χ4v) is 4.06. The fourth-order valence-electron chi connectivity index (χ4n) is 2.73. The Labute approximate surface area is 185 Å². The van der Waals surface area contributed by atoms with Gasteiger partial charge in [-0.15, -0.1) is 4.40 Å². The van der Waals surface area contributed by atoms with Crippen LogP contribution in [0.3, 0.4) is 0 Å². The molecule has 0 saturated carbocycles. The van der Waals surface area contributed by atoms with E-state index in [1.54, 1.807) is 45.0 Å². The summed E-state index contributed by atoms with van der Waals surface area (Å²) in [6.07, 6.45) is 0. The maximum atomic E-state index is 12.5. The molecule has 0 spiro atoms. The standard InChI is InChI=1S/C21H22ClN3O5S/c1-21(2,3)20(27)23-11-13-8-9-15(22)14(10-13)19(26)30-12-18-24-16-6-4-5-7-17(16)31(28,29)25-18/h4-10H,11-12H2,1-3H3,(H,23,27)(H,24,25). The van der Waals surface area contributed by atoms with Crippen molar-refractivity contribution >= 4 is 45.0 Å². The number of carbonyl (C=O) groups is 2. The Morgan fingerprint density at radius 3 is 2.58 bits per heavy atom. The zero-order chi connectivity index (χ0) is 22.8. The summed E-state index contributed by atoms with van der Waals surface area (Å²) >= 11 is 6.13. The summed E-state index contributed by atoms with van der Waals surface area (Å²) < 4.78 is 33.4. The van der Waals surface area contributed by atoms with Crippen molar-refractivity contribution in [3.8, 4) is 0 Å². The van der Waals surface area contributed by atoms with Gasteiger partial charge in [-0.2, -0.15) is 8.42 Å². The van der Waals surface area contributed by atoms with Crippen LogP contribution in [-0.2, 0) is 26.1 Å². The molecular formula is C21H22ClN3O5S. The molecule has 0 radical (unpaired) electrons. The Hall–Kier alpha value is -2.91. The first-order valence-corrected chi connectivity index (χ1v) is 11.2. The summed E-state index contributed by atoms with van der Waals surface area (Å²) in [5.41, 5.74) is 0.585. The number of nitrogens with one attached hydrogen (secondary N) is 2. The number of hydrogen-bond donors (Lipinski definition) is 2. The second-order valence-corrected chi connectivity index (χ2v) is 9.94. The van der Waals surface area contributed by atoms with Gasteiger partial charge in [0, 0.05) is 12.0 Å². The third kappa shape index (κ3) is 5.42. The number of amides is 1. The molecule has 0 fully saturated rings. The van der Waals surface area contributed by atoms with Crippen molar-refractivity contribution in [2.45, 2.75) is 32.2 Å². The van der Waals surface area contributed by atoms with Gasteiger partial charge in [0.1, 0.15) is 4.90 Å². The van der Waals surface area contributed by atoms with E-state index in [1.165, 1.54) is 18.2 Å². The topological polar surface area (TPSA) is 114 Å². The molecule has 2 aromatic rings. The van der Waals surface area contributed by atoms with Crippen molar-refractivity contribution in [3.05, 3.63) is 58.6 Å². The number of ether oxygens (including phenoxy) is 1. The predicted molar refractivity (Wildman–Crippen MR) is 118 cm³/mol. The lowest BCUT2D eigenvalue weighted by Crippen LogP contribution is -2.34. The number of para-hydroxylation sites is 1. The molecule has 10 heteroatoms. The Bertz CT molecular complexity index is 1170. The molecule has 164 valence electrons. The molecule has 0 aliphatic carbocycles. The number of carbonyl (C=O) groups excluding carboxylic acids is 2. The number of benzene rings is 2. The molecule has 8 nitrogen and oxygen atoms in total. The third-order valence-corrected chi connectivity index (χ3v) is 6.10. The van der Waals surface area contributed by atoms with Gasteiger partial charge in [0.15, 0.2) is 12.4 Å². The van der Waals surface area contributed by atoms with Crippen LogP contribution in [0.4, 0.5) is 5.69 Å². The van der Waals surface area contributed by atoms with Crippen molar-refractivity contribution in [1.82, 2.24) is 5.32 Å². The number of amidine groups is 1. The smallest absolute Gasteiger partial charge is 0.340 e. The van der Waals surface area contributed by atoms with E-state index in [1.807, 2.05) is 0 Å². The van der Waals surface area contributed by atoms with E-state index in [0.29, 0.717) is 11.3 Å². The molecule has 2 aromatic carbocycles. The lowest BCUT2D eigenvalue weighted by molar-refractivity contribution is -0.128. The first-order valence-electron chi connectivity index (χ1n) is 9.41. The molecule has 31 heavy (non-hydrogen) atoms. The highest BCUT2D eigenvalue weighted by Gasteiger charge is 2.25. The second-order valence-electron chi connectivity index (χ2n) is 7.96. The number of nitrogens with zero attached hydrogens (tertiary/aromatic N) is 1. The summed E-state index contributed by atoms with van der Waals surface area (Å²) in [7, 11) is -3.88. The largest absolute Gasteiger partial charge is 0.454 e. The van der Waals surface area contributed by atoms with E-state index in [4.69, 9.17) is 16.3 Å². The zero-order valence-electron chi connectivity index (χ0n) is 17.2. The van der Waals surface area contributed by atoms with Gasteiger partial charge in [0.05, 0.1) is 16.3 Å². The molecule has 0 bridgehead atoms. The highest BCUT2D eigenvalue weighted by molar-refractivity contribution is 7.90. The van der Waals surface area contributed by atoms with Crippen molar-refractivity contribution in [3.63, 3.8) is 0 Å². The normalized spacial score (nSPS) is 14.6. The number of sulfonamides is 1. The van der Waals surface area contributed by atoms with Gasteiger partial charge >= 0.3 is 5.97 Å². The molecule has 0 unspecified atom stereocenters. The van der Waals surface area contributed by atoms with Gasteiger partial charge in [-0.05, 0) is 29.8 Å². The van der Waals surface area contributed by atoms with E-state index in [-0.39, 0.29) is 40.4 Å². The van der Waals surface area contributed by atoms with Gasteiger partial charge < -0.3 is 15.4 Å². The van der Waals surface area contributed by atoms with Crippen LogP contribution in [0, 0.1) is 5.41 Å². The second kappa shape index (κ2) is 8.68. The molecule has 3 rings (SSSR count). The summed E-state index contributed by atoms with van der Waals surface area (Å²) in [6, 6.07) is 11.1. The highest BCUT2D eigenvalue weighted by atomic mass is 35.5. The number of esters is 1. The molecule has 2 N–H and O–H groups in total. The quantitative estimate of drug-likeness (QED) is 0.657. The third-order valence-electron chi connectivity index (χ3n) is 4.40. The summed E-state index contributed by atoms with van der Waals surface area (Å²) in [6.45, 7) is 5.24. The molecule has 1 aliphatic rings. The van der Waals surface area contributed by atoms with Gasteiger partial charge in [-0.1, -0.05) is 50.6 Å².